The summed E-state index contributed by atoms with van der Waals surface area (Å²) in [6, 6.07) is 4.83. The summed E-state index contributed by atoms with van der Waals surface area (Å²) in [5.41, 5.74) is 6.04. The number of rotatable bonds is 8. The zero-order chi connectivity index (χ0) is 19.1. The molecule has 0 bridgehead atoms. The summed E-state index contributed by atoms with van der Waals surface area (Å²) in [4.78, 5) is 17.5. The Morgan fingerprint density at radius 1 is 1.41 bits per heavy atom. The summed E-state index contributed by atoms with van der Waals surface area (Å²) < 4.78 is 25.1. The first-order chi connectivity index (χ1) is 13.1. The molecular weight excluding hydrogens is 351 g/mol. The molecule has 1 aromatic heterocycles. The van der Waals surface area contributed by atoms with Gasteiger partial charge in [0.05, 0.1) is 0 Å². The number of nitrogens with two attached hydrogens (primary N) is 1. The highest BCUT2D eigenvalue weighted by atomic mass is 19.1. The monoisotopic (exact) mass is 375 g/mol. The van der Waals surface area contributed by atoms with Crippen molar-refractivity contribution in [2.75, 3.05) is 19.8 Å². The predicted octanol–water partition coefficient (Wildman–Crippen LogP) is 1.83. The summed E-state index contributed by atoms with van der Waals surface area (Å²) >= 11 is 0. The van der Waals surface area contributed by atoms with E-state index < -0.39 is 11.7 Å². The van der Waals surface area contributed by atoms with Crippen molar-refractivity contribution in [2.24, 2.45) is 11.7 Å². The van der Waals surface area contributed by atoms with Crippen molar-refractivity contribution in [3.63, 3.8) is 0 Å². The number of hydrogen-bond acceptors (Lipinski definition) is 5. The van der Waals surface area contributed by atoms with E-state index >= 15 is 0 Å². The average Bonchev–Trinajstić information content (AvgIpc) is 2.68. The lowest BCUT2D eigenvalue weighted by Crippen LogP contribution is -2.22. The number of amides is 1. The molecular formula is C19H24FN4O3+. The van der Waals surface area contributed by atoms with Crippen LogP contribution in [-0.4, -0.2) is 30.6 Å². The van der Waals surface area contributed by atoms with E-state index in [2.05, 4.69) is 15.3 Å². The molecule has 1 aliphatic heterocycles. The lowest BCUT2D eigenvalue weighted by molar-refractivity contribution is -0.392. The highest BCUT2D eigenvalue weighted by molar-refractivity contribution is 5.90. The number of benzene rings is 1. The van der Waals surface area contributed by atoms with Crippen LogP contribution in [-0.2, 0) is 11.3 Å². The maximum atomic E-state index is 14.3. The minimum atomic E-state index is -0.655. The Balaban J connectivity index is 1.48. The third-order valence-corrected chi connectivity index (χ3v) is 4.54. The molecule has 2 heterocycles. The van der Waals surface area contributed by atoms with Crippen LogP contribution in [0.3, 0.4) is 0 Å². The molecule has 1 saturated heterocycles. The van der Waals surface area contributed by atoms with E-state index in [0.717, 1.165) is 44.6 Å². The third kappa shape index (κ3) is 5.70. The fourth-order valence-electron chi connectivity index (χ4n) is 2.96. The van der Waals surface area contributed by atoms with Gasteiger partial charge in [-0.25, -0.2) is 9.37 Å². The maximum Gasteiger partial charge on any atom is 0.390 e. The van der Waals surface area contributed by atoms with Crippen molar-refractivity contribution in [1.82, 2.24) is 10.3 Å². The lowest BCUT2D eigenvalue weighted by atomic mass is 9.97. The van der Waals surface area contributed by atoms with Gasteiger partial charge in [-0.15, -0.1) is 0 Å². The number of halogens is 1. The second-order valence-electron chi connectivity index (χ2n) is 6.55. The van der Waals surface area contributed by atoms with E-state index in [-0.39, 0.29) is 17.3 Å². The fourth-order valence-corrected chi connectivity index (χ4v) is 2.96. The smallest absolute Gasteiger partial charge is 0.390 e. The molecule has 27 heavy (non-hydrogen) atoms. The lowest BCUT2D eigenvalue weighted by Gasteiger charge is -2.21. The van der Waals surface area contributed by atoms with Crippen LogP contribution < -0.4 is 20.8 Å². The van der Waals surface area contributed by atoms with Gasteiger partial charge in [-0.05, 0) is 49.4 Å². The Kier molecular flexibility index (Phi) is 6.67. The van der Waals surface area contributed by atoms with Crippen LogP contribution in [0.4, 0.5) is 4.39 Å². The van der Waals surface area contributed by atoms with Gasteiger partial charge >= 0.3 is 5.88 Å². The van der Waals surface area contributed by atoms with Crippen LogP contribution in [0, 0.1) is 11.7 Å². The molecule has 144 valence electrons. The van der Waals surface area contributed by atoms with Gasteiger partial charge < -0.3 is 20.5 Å². The van der Waals surface area contributed by atoms with Crippen molar-refractivity contribution in [3.8, 4) is 11.6 Å². The minimum Gasteiger partial charge on any atom is -0.401 e. The number of carbonyl (C=O) groups is 1. The van der Waals surface area contributed by atoms with Gasteiger partial charge in [-0.2, -0.15) is 4.98 Å². The summed E-state index contributed by atoms with van der Waals surface area (Å²) in [7, 11) is 0. The molecule has 0 spiro atoms. The van der Waals surface area contributed by atoms with Crippen molar-refractivity contribution < 1.29 is 23.6 Å². The molecule has 3 rings (SSSR count). The summed E-state index contributed by atoms with van der Waals surface area (Å²) in [6.07, 6.45) is 5.94. The number of nitrogens with zero attached hydrogens (tertiary/aromatic N) is 1. The zero-order valence-electron chi connectivity index (χ0n) is 15.0. The number of ether oxygens (including phenoxy) is 2. The number of aromatic nitrogens is 2. The van der Waals surface area contributed by atoms with Gasteiger partial charge in [0.2, 0.25) is 6.20 Å². The largest absolute Gasteiger partial charge is 0.401 e. The first kappa shape index (κ1) is 19.2. The third-order valence-electron chi connectivity index (χ3n) is 4.54. The van der Waals surface area contributed by atoms with E-state index in [1.807, 2.05) is 6.07 Å². The Hall–Kier alpha value is -2.58. The number of aromatic amines is 1. The maximum absolute atomic E-state index is 14.3. The van der Waals surface area contributed by atoms with Crippen LogP contribution in [0.5, 0.6) is 11.6 Å². The molecule has 8 heteroatoms. The highest BCUT2D eigenvalue weighted by Gasteiger charge is 2.14. The number of hydrogen-bond donors (Lipinski definition) is 2. The van der Waals surface area contributed by atoms with Gasteiger partial charge in [0.25, 0.3) is 5.91 Å². The van der Waals surface area contributed by atoms with Crippen LogP contribution in [0.25, 0.3) is 0 Å². The second kappa shape index (κ2) is 9.38. The Labute approximate surface area is 157 Å². The zero-order valence-corrected chi connectivity index (χ0v) is 15.0. The van der Waals surface area contributed by atoms with Crippen LogP contribution in [0.2, 0.25) is 0 Å². The number of H-pyrrole nitrogens is 1. The first-order valence-corrected chi connectivity index (χ1v) is 9.04. The summed E-state index contributed by atoms with van der Waals surface area (Å²) in [5.74, 6) is -0.125. The number of primary amides is 1. The topological polar surface area (TPSA) is 101 Å². The number of nitrogens with one attached hydrogen (secondary N) is 2. The SMILES string of the molecule is NC(=O)c1c[nH+]c(Oc2ccc(CNCCC3CCOCC3)cc2F)cn1. The van der Waals surface area contributed by atoms with Gasteiger partial charge in [0.15, 0.2) is 17.3 Å². The summed E-state index contributed by atoms with van der Waals surface area (Å²) in [6.45, 7) is 3.21. The normalized spacial score (nSPS) is 14.9. The van der Waals surface area contributed by atoms with Gasteiger partial charge in [-0.1, -0.05) is 6.07 Å². The van der Waals surface area contributed by atoms with Crippen molar-refractivity contribution in [3.05, 3.63) is 47.7 Å². The molecule has 7 nitrogen and oxygen atoms in total. The number of carbonyl (C=O) groups excluding carboxylic acids is 1. The van der Waals surface area contributed by atoms with Crippen molar-refractivity contribution in [2.45, 2.75) is 25.8 Å². The van der Waals surface area contributed by atoms with Gasteiger partial charge in [-0.3, -0.25) is 4.79 Å². The molecule has 1 aliphatic rings. The molecule has 1 aromatic carbocycles. The minimum absolute atomic E-state index is 0.0741. The molecule has 0 atom stereocenters. The predicted molar refractivity (Wildman–Crippen MR) is 95.7 cm³/mol. The standard InChI is InChI=1S/C19H23FN4O3/c20-15-9-14(10-22-6-3-13-4-7-26-8-5-13)1-2-17(15)27-18-12-23-16(11-24-18)19(21)25/h1-2,9,11-13,22H,3-8,10H2,(H2,21,25)/p+1. The summed E-state index contributed by atoms with van der Waals surface area (Å²) in [5, 5.41) is 3.35. The van der Waals surface area contributed by atoms with E-state index in [1.54, 1.807) is 6.07 Å². The van der Waals surface area contributed by atoms with Crippen LogP contribution in [0.15, 0.2) is 30.6 Å². The average molecular weight is 375 g/mol. The molecule has 2 aromatic rings. The Morgan fingerprint density at radius 3 is 2.89 bits per heavy atom. The van der Waals surface area contributed by atoms with Crippen molar-refractivity contribution >= 4 is 5.91 Å². The Morgan fingerprint density at radius 2 is 2.22 bits per heavy atom. The fraction of sp³-hybridized carbons (Fsp3) is 0.421. The molecule has 0 radical (unpaired) electrons. The molecule has 1 amide bonds. The Bertz CT molecular complexity index is 764. The van der Waals surface area contributed by atoms with Crippen molar-refractivity contribution in [1.29, 1.82) is 0 Å². The highest BCUT2D eigenvalue weighted by Crippen LogP contribution is 2.22. The van der Waals surface area contributed by atoms with E-state index in [0.29, 0.717) is 12.5 Å². The quantitative estimate of drug-likeness (QED) is 0.686. The molecule has 0 unspecified atom stereocenters. The molecule has 0 aliphatic carbocycles. The first-order valence-electron chi connectivity index (χ1n) is 9.04. The van der Waals surface area contributed by atoms with Gasteiger partial charge in [0.1, 0.15) is 6.20 Å². The molecule has 4 N–H and O–H groups in total. The van der Waals surface area contributed by atoms with E-state index in [1.165, 1.54) is 18.5 Å². The van der Waals surface area contributed by atoms with E-state index in [9.17, 15) is 9.18 Å². The van der Waals surface area contributed by atoms with E-state index in [4.69, 9.17) is 15.2 Å². The van der Waals surface area contributed by atoms with Crippen LogP contribution >= 0.6 is 0 Å². The van der Waals surface area contributed by atoms with Crippen LogP contribution in [0.1, 0.15) is 35.3 Å². The molecule has 0 saturated carbocycles. The van der Waals surface area contributed by atoms with Gasteiger partial charge in [0, 0.05) is 19.8 Å². The second-order valence-corrected chi connectivity index (χ2v) is 6.55. The molecule has 1 fully saturated rings.